The third kappa shape index (κ3) is 6.08. The first-order valence-corrected chi connectivity index (χ1v) is 9.08. The first-order valence-electron chi connectivity index (χ1n) is 9.08. The van der Waals surface area contributed by atoms with Crippen molar-refractivity contribution in [3.05, 3.63) is 0 Å². The van der Waals surface area contributed by atoms with E-state index in [2.05, 4.69) is 15.1 Å². The molecule has 3 saturated heterocycles. The van der Waals surface area contributed by atoms with Crippen molar-refractivity contribution in [1.29, 1.82) is 0 Å². The average Bonchev–Trinajstić information content (AvgIpc) is 3.07. The molecule has 0 aliphatic carbocycles. The van der Waals surface area contributed by atoms with Gasteiger partial charge >= 0.3 is 0 Å². The first-order chi connectivity index (χ1) is 10.3. The van der Waals surface area contributed by atoms with Crippen molar-refractivity contribution in [3.63, 3.8) is 0 Å². The van der Waals surface area contributed by atoms with Crippen molar-refractivity contribution in [2.24, 2.45) is 0 Å². The number of nitrogens with one attached hydrogen (secondary N) is 1. The van der Waals surface area contributed by atoms with Crippen molar-refractivity contribution in [1.82, 2.24) is 15.1 Å². The van der Waals surface area contributed by atoms with Gasteiger partial charge < -0.3 is 15.1 Å². The zero-order chi connectivity index (χ0) is 14.5. The Labute approximate surface area is 153 Å². The minimum Gasteiger partial charge on any atom is -0.343 e. The molecule has 0 aromatic carbocycles. The summed E-state index contributed by atoms with van der Waals surface area (Å²) < 4.78 is 0. The van der Waals surface area contributed by atoms with Crippen molar-refractivity contribution in [3.8, 4) is 0 Å². The van der Waals surface area contributed by atoms with Crippen LogP contribution in [0.15, 0.2) is 0 Å². The minimum absolute atomic E-state index is 0. The molecular weight excluding hydrogens is 333 g/mol. The van der Waals surface area contributed by atoms with Crippen molar-refractivity contribution in [2.75, 3.05) is 32.7 Å². The van der Waals surface area contributed by atoms with Crippen molar-refractivity contribution < 1.29 is 4.79 Å². The zero-order valence-electron chi connectivity index (χ0n) is 14.2. The van der Waals surface area contributed by atoms with Gasteiger partial charge in [-0.15, -0.1) is 24.8 Å². The van der Waals surface area contributed by atoms with E-state index in [0.29, 0.717) is 11.9 Å². The van der Waals surface area contributed by atoms with Crippen molar-refractivity contribution in [2.45, 2.75) is 69.9 Å². The predicted molar refractivity (Wildman–Crippen MR) is 99.8 cm³/mol. The van der Waals surface area contributed by atoms with Crippen LogP contribution in [0.4, 0.5) is 0 Å². The van der Waals surface area contributed by atoms with Crippen LogP contribution < -0.4 is 5.32 Å². The van der Waals surface area contributed by atoms with Crippen LogP contribution in [-0.2, 0) is 4.79 Å². The summed E-state index contributed by atoms with van der Waals surface area (Å²) >= 11 is 0. The third-order valence-electron chi connectivity index (χ3n) is 5.59. The van der Waals surface area contributed by atoms with Crippen LogP contribution in [0.3, 0.4) is 0 Å². The Morgan fingerprint density at radius 1 is 0.913 bits per heavy atom. The van der Waals surface area contributed by atoms with E-state index in [1.165, 1.54) is 58.0 Å². The lowest BCUT2D eigenvalue weighted by molar-refractivity contribution is -0.133. The quantitative estimate of drug-likeness (QED) is 0.831. The van der Waals surface area contributed by atoms with Gasteiger partial charge in [-0.2, -0.15) is 0 Å². The monoisotopic (exact) mass is 365 g/mol. The lowest BCUT2D eigenvalue weighted by Gasteiger charge is -2.40. The number of amides is 1. The fraction of sp³-hybridized carbons (Fsp3) is 0.941. The summed E-state index contributed by atoms with van der Waals surface area (Å²) in [6.07, 6.45) is 10.8. The van der Waals surface area contributed by atoms with Crippen LogP contribution in [-0.4, -0.2) is 60.5 Å². The van der Waals surface area contributed by atoms with Gasteiger partial charge in [-0.05, 0) is 64.6 Å². The molecule has 0 radical (unpaired) electrons. The number of carbonyl (C=O) groups excluding carboxylic acids is 1. The molecule has 1 atom stereocenters. The highest BCUT2D eigenvalue weighted by molar-refractivity contribution is 5.85. The molecule has 1 N–H and O–H groups in total. The maximum Gasteiger partial charge on any atom is 0.222 e. The van der Waals surface area contributed by atoms with E-state index in [4.69, 9.17) is 0 Å². The van der Waals surface area contributed by atoms with E-state index in [9.17, 15) is 4.79 Å². The molecule has 6 heteroatoms. The van der Waals surface area contributed by atoms with E-state index >= 15 is 0 Å². The van der Waals surface area contributed by atoms with Crippen LogP contribution in [0.2, 0.25) is 0 Å². The van der Waals surface area contributed by atoms with E-state index in [-0.39, 0.29) is 24.8 Å². The highest BCUT2D eigenvalue weighted by Gasteiger charge is 2.27. The van der Waals surface area contributed by atoms with Crippen LogP contribution in [0.25, 0.3) is 0 Å². The lowest BCUT2D eigenvalue weighted by atomic mass is 9.99. The third-order valence-corrected chi connectivity index (χ3v) is 5.59. The van der Waals surface area contributed by atoms with Crippen LogP contribution in [0.5, 0.6) is 0 Å². The van der Waals surface area contributed by atoms with Gasteiger partial charge in [-0.25, -0.2) is 0 Å². The molecule has 3 aliphatic rings. The number of halogens is 2. The number of carbonyl (C=O) groups is 1. The molecule has 23 heavy (non-hydrogen) atoms. The van der Waals surface area contributed by atoms with Gasteiger partial charge in [0.1, 0.15) is 0 Å². The van der Waals surface area contributed by atoms with Gasteiger partial charge in [0.25, 0.3) is 0 Å². The smallest absolute Gasteiger partial charge is 0.222 e. The van der Waals surface area contributed by atoms with Gasteiger partial charge in [-0.1, -0.05) is 6.42 Å². The predicted octanol–water partition coefficient (Wildman–Crippen LogP) is 2.84. The van der Waals surface area contributed by atoms with Gasteiger partial charge in [0, 0.05) is 31.6 Å². The summed E-state index contributed by atoms with van der Waals surface area (Å²) in [6.45, 7) is 5.67. The van der Waals surface area contributed by atoms with Gasteiger partial charge in [0.05, 0.1) is 0 Å². The molecule has 4 nitrogen and oxygen atoms in total. The fourth-order valence-corrected chi connectivity index (χ4v) is 4.22. The van der Waals surface area contributed by atoms with Gasteiger partial charge in [-0.3, -0.25) is 4.79 Å². The second-order valence-electron chi connectivity index (χ2n) is 7.04. The molecule has 3 rings (SSSR count). The Bertz CT molecular complexity index is 337. The van der Waals surface area contributed by atoms with Crippen LogP contribution >= 0.6 is 24.8 Å². The number of likely N-dealkylation sites (tertiary alicyclic amines) is 2. The highest BCUT2D eigenvalue weighted by atomic mass is 35.5. The summed E-state index contributed by atoms with van der Waals surface area (Å²) in [5.74, 6) is 0.390. The number of nitrogens with zero attached hydrogens (tertiary/aromatic N) is 2. The van der Waals surface area contributed by atoms with E-state index in [1.807, 2.05) is 0 Å². The highest BCUT2D eigenvalue weighted by Crippen LogP contribution is 2.21. The van der Waals surface area contributed by atoms with E-state index in [1.54, 1.807) is 0 Å². The number of rotatable bonds is 4. The Morgan fingerprint density at radius 3 is 2.22 bits per heavy atom. The maximum absolute atomic E-state index is 12.3. The number of piperidine rings is 2. The fourth-order valence-electron chi connectivity index (χ4n) is 4.22. The molecule has 0 aromatic rings. The van der Waals surface area contributed by atoms with Crippen LogP contribution in [0, 0.1) is 0 Å². The average molecular weight is 366 g/mol. The molecule has 3 fully saturated rings. The molecule has 3 heterocycles. The maximum atomic E-state index is 12.3. The normalized spacial score (nSPS) is 26.4. The molecule has 0 bridgehead atoms. The summed E-state index contributed by atoms with van der Waals surface area (Å²) in [5.41, 5.74) is 0. The number of hydrogen-bond acceptors (Lipinski definition) is 3. The van der Waals surface area contributed by atoms with Gasteiger partial charge in [0.15, 0.2) is 0 Å². The molecule has 136 valence electrons. The lowest BCUT2D eigenvalue weighted by Crippen LogP contribution is -2.48. The van der Waals surface area contributed by atoms with Gasteiger partial charge in [0.2, 0.25) is 5.91 Å². The Balaban J connectivity index is 0.00000132. The standard InChI is InChI=1S/C17H31N3O.2ClH/c21-17(7-6-15-5-4-10-18-15)20-13-8-16(9-14-20)19-11-2-1-3-12-19;;/h15-16,18H,1-14H2;2*1H. The minimum atomic E-state index is 0. The van der Waals surface area contributed by atoms with E-state index < -0.39 is 0 Å². The Morgan fingerprint density at radius 2 is 1.61 bits per heavy atom. The molecule has 3 aliphatic heterocycles. The summed E-state index contributed by atoms with van der Waals surface area (Å²) in [4.78, 5) is 17.1. The second kappa shape index (κ2) is 10.8. The Kier molecular flexibility index (Phi) is 9.83. The summed E-state index contributed by atoms with van der Waals surface area (Å²) in [7, 11) is 0. The van der Waals surface area contributed by atoms with E-state index in [0.717, 1.165) is 38.5 Å². The largest absolute Gasteiger partial charge is 0.343 e. The molecule has 0 saturated carbocycles. The summed E-state index contributed by atoms with van der Waals surface area (Å²) in [6, 6.07) is 1.34. The summed E-state index contributed by atoms with van der Waals surface area (Å²) in [5, 5.41) is 3.49. The molecule has 0 aromatic heterocycles. The molecular formula is C17H33Cl2N3O. The first kappa shape index (κ1) is 21.0. The van der Waals surface area contributed by atoms with Crippen LogP contribution in [0.1, 0.15) is 57.8 Å². The Hall–Kier alpha value is -0.0300. The molecule has 1 unspecified atom stereocenters. The zero-order valence-corrected chi connectivity index (χ0v) is 15.8. The number of hydrogen-bond donors (Lipinski definition) is 1. The second-order valence-corrected chi connectivity index (χ2v) is 7.04. The SMILES string of the molecule is Cl.Cl.O=C(CCC1CCCN1)N1CCC(N2CCCCC2)CC1. The van der Waals surface area contributed by atoms with Crippen molar-refractivity contribution >= 4 is 30.7 Å². The molecule has 1 amide bonds. The molecule has 0 spiro atoms. The topological polar surface area (TPSA) is 35.6 Å².